The van der Waals surface area contributed by atoms with Gasteiger partial charge in [-0.05, 0) is 18.6 Å². The second-order valence-electron chi connectivity index (χ2n) is 2.83. The highest BCUT2D eigenvalue weighted by molar-refractivity contribution is 5.46. The predicted octanol–water partition coefficient (Wildman–Crippen LogP) is 2.02. The summed E-state index contributed by atoms with van der Waals surface area (Å²) in [6.45, 7) is 6.81. The molecule has 0 saturated carbocycles. The Labute approximate surface area is 79.8 Å². The van der Waals surface area contributed by atoms with Crippen molar-refractivity contribution in [3.05, 3.63) is 34.9 Å². The minimum absolute atomic E-state index is 0.206. The molecule has 0 unspecified atom stereocenters. The summed E-state index contributed by atoms with van der Waals surface area (Å²) in [7, 11) is 0. The van der Waals surface area contributed by atoms with E-state index < -0.39 is 18.2 Å². The zero-order chi connectivity index (χ0) is 10.8. The Morgan fingerprint density at radius 2 is 2.29 bits per heavy atom. The number of aromatic nitrogens is 1. The molecule has 1 N–H and O–H groups in total. The fourth-order valence-corrected chi connectivity index (χ4v) is 1.08. The molecule has 0 aliphatic carbocycles. The predicted molar refractivity (Wildman–Crippen MR) is 46.2 cm³/mol. The molecule has 0 amide bonds. The first kappa shape index (κ1) is 10.5. The highest BCUT2D eigenvalue weighted by Gasteiger charge is 2.33. The van der Waals surface area contributed by atoms with E-state index in [1.54, 1.807) is 0 Å². The van der Waals surface area contributed by atoms with Gasteiger partial charge in [0.2, 0.25) is 5.69 Å². The van der Waals surface area contributed by atoms with Crippen molar-refractivity contribution in [1.29, 1.82) is 0 Å². The Morgan fingerprint density at radius 1 is 1.64 bits per heavy atom. The van der Waals surface area contributed by atoms with E-state index in [0.717, 1.165) is 6.20 Å². The van der Waals surface area contributed by atoms with E-state index in [4.69, 9.17) is 11.7 Å². The number of aliphatic hydroxyl groups excluding tert-OH is 1. The van der Waals surface area contributed by atoms with Crippen LogP contribution in [-0.4, -0.2) is 16.7 Å². The molecule has 0 aromatic carbocycles. The van der Waals surface area contributed by atoms with E-state index in [2.05, 4.69) is 9.83 Å². The van der Waals surface area contributed by atoms with Crippen LogP contribution in [0.4, 0.5) is 14.5 Å². The summed E-state index contributed by atoms with van der Waals surface area (Å²) in [5.74, 6) is -3.34. The van der Waals surface area contributed by atoms with Crippen LogP contribution in [0.5, 0.6) is 0 Å². The van der Waals surface area contributed by atoms with E-state index in [1.165, 1.54) is 13.0 Å². The third kappa shape index (κ3) is 1.86. The standard InChI is InChI=1S/C9H8F2N2O/c1-6-3-7(12-2)4-13-8(6)9(10,11)5-14/h3-4,14H,5H2,1H3. The molecule has 1 rings (SSSR count). The van der Waals surface area contributed by atoms with Gasteiger partial charge in [0.1, 0.15) is 12.3 Å². The first-order valence-electron chi connectivity index (χ1n) is 3.84. The summed E-state index contributed by atoms with van der Waals surface area (Å²) in [5, 5.41) is 8.45. The van der Waals surface area contributed by atoms with Crippen molar-refractivity contribution in [1.82, 2.24) is 4.98 Å². The lowest BCUT2D eigenvalue weighted by molar-refractivity contribution is -0.0597. The number of aryl methyl sites for hydroxylation is 1. The second kappa shape index (κ2) is 3.68. The summed E-state index contributed by atoms with van der Waals surface area (Å²) in [6.07, 6.45) is 1.07. The summed E-state index contributed by atoms with van der Waals surface area (Å²) >= 11 is 0. The molecule has 1 aromatic rings. The summed E-state index contributed by atoms with van der Waals surface area (Å²) in [5.41, 5.74) is -0.0649. The van der Waals surface area contributed by atoms with Crippen LogP contribution in [0.1, 0.15) is 11.3 Å². The minimum atomic E-state index is -3.34. The van der Waals surface area contributed by atoms with E-state index in [1.807, 2.05) is 0 Å². The molecule has 74 valence electrons. The van der Waals surface area contributed by atoms with Crippen molar-refractivity contribution in [3.63, 3.8) is 0 Å². The molecule has 0 aliphatic rings. The van der Waals surface area contributed by atoms with Crippen molar-refractivity contribution in [2.24, 2.45) is 0 Å². The lowest BCUT2D eigenvalue weighted by Gasteiger charge is -2.14. The van der Waals surface area contributed by atoms with Gasteiger partial charge in [-0.25, -0.2) is 4.85 Å². The van der Waals surface area contributed by atoms with Crippen LogP contribution in [0.3, 0.4) is 0 Å². The maximum atomic E-state index is 13.0. The Bertz CT molecular complexity index is 385. The molecular weight excluding hydrogens is 190 g/mol. The third-order valence-electron chi connectivity index (χ3n) is 1.74. The second-order valence-corrected chi connectivity index (χ2v) is 2.83. The highest BCUT2D eigenvalue weighted by atomic mass is 19.3. The Balaban J connectivity index is 3.20. The molecule has 1 aromatic heterocycles. The first-order chi connectivity index (χ1) is 6.51. The van der Waals surface area contributed by atoms with E-state index in [9.17, 15) is 8.78 Å². The molecule has 0 bridgehead atoms. The van der Waals surface area contributed by atoms with Gasteiger partial charge < -0.3 is 5.11 Å². The van der Waals surface area contributed by atoms with Gasteiger partial charge in [-0.15, -0.1) is 0 Å². The fourth-order valence-electron chi connectivity index (χ4n) is 1.08. The van der Waals surface area contributed by atoms with Gasteiger partial charge in [-0.3, -0.25) is 4.98 Å². The molecule has 0 atom stereocenters. The van der Waals surface area contributed by atoms with Gasteiger partial charge in [0, 0.05) is 6.20 Å². The summed E-state index contributed by atoms with van der Waals surface area (Å²) in [6, 6.07) is 1.32. The van der Waals surface area contributed by atoms with Crippen LogP contribution >= 0.6 is 0 Å². The van der Waals surface area contributed by atoms with Crippen molar-refractivity contribution < 1.29 is 13.9 Å². The Kier molecular flexibility index (Phi) is 2.77. The number of hydrogen-bond donors (Lipinski definition) is 1. The molecule has 0 spiro atoms. The number of rotatable bonds is 2. The Hall–Kier alpha value is -1.54. The normalized spacial score (nSPS) is 11.1. The minimum Gasteiger partial charge on any atom is -0.390 e. The quantitative estimate of drug-likeness (QED) is 0.738. The van der Waals surface area contributed by atoms with E-state index >= 15 is 0 Å². The van der Waals surface area contributed by atoms with Crippen LogP contribution < -0.4 is 0 Å². The molecule has 0 fully saturated rings. The number of halogens is 2. The molecule has 1 heterocycles. The number of aliphatic hydroxyl groups is 1. The molecule has 14 heavy (non-hydrogen) atoms. The number of hydrogen-bond acceptors (Lipinski definition) is 2. The van der Waals surface area contributed by atoms with Crippen molar-refractivity contribution >= 4 is 5.69 Å². The van der Waals surface area contributed by atoms with Crippen LogP contribution in [0, 0.1) is 13.5 Å². The lowest BCUT2D eigenvalue weighted by Crippen LogP contribution is -2.21. The maximum Gasteiger partial charge on any atom is 0.312 e. The van der Waals surface area contributed by atoms with Gasteiger partial charge in [-0.1, -0.05) is 0 Å². The average Bonchev–Trinajstić information content (AvgIpc) is 2.17. The van der Waals surface area contributed by atoms with Crippen LogP contribution in [0.2, 0.25) is 0 Å². The molecule has 3 nitrogen and oxygen atoms in total. The van der Waals surface area contributed by atoms with Crippen molar-refractivity contribution in [2.75, 3.05) is 6.61 Å². The van der Waals surface area contributed by atoms with Crippen LogP contribution in [0.15, 0.2) is 12.3 Å². The van der Waals surface area contributed by atoms with Crippen LogP contribution in [-0.2, 0) is 5.92 Å². The molecule has 5 heteroatoms. The van der Waals surface area contributed by atoms with Gasteiger partial charge in [0.25, 0.3) is 0 Å². The maximum absolute atomic E-state index is 13.0. The summed E-state index contributed by atoms with van der Waals surface area (Å²) in [4.78, 5) is 6.53. The lowest BCUT2D eigenvalue weighted by atomic mass is 10.1. The van der Waals surface area contributed by atoms with Crippen molar-refractivity contribution in [2.45, 2.75) is 12.8 Å². The van der Waals surface area contributed by atoms with E-state index in [0.29, 0.717) is 0 Å². The monoisotopic (exact) mass is 198 g/mol. The highest BCUT2D eigenvalue weighted by Crippen LogP contribution is 2.29. The largest absolute Gasteiger partial charge is 0.390 e. The van der Waals surface area contributed by atoms with Crippen molar-refractivity contribution in [3.8, 4) is 0 Å². The molecule has 0 aliphatic heterocycles. The van der Waals surface area contributed by atoms with Gasteiger partial charge in [0.05, 0.1) is 6.57 Å². The Morgan fingerprint density at radius 3 is 2.71 bits per heavy atom. The molecule has 0 radical (unpaired) electrons. The number of alkyl halides is 2. The average molecular weight is 198 g/mol. The number of nitrogens with zero attached hydrogens (tertiary/aromatic N) is 2. The van der Waals surface area contributed by atoms with Gasteiger partial charge in [0.15, 0.2) is 0 Å². The first-order valence-corrected chi connectivity index (χ1v) is 3.84. The third-order valence-corrected chi connectivity index (χ3v) is 1.74. The van der Waals surface area contributed by atoms with E-state index in [-0.39, 0.29) is 11.3 Å². The number of pyridine rings is 1. The zero-order valence-corrected chi connectivity index (χ0v) is 7.46. The smallest absolute Gasteiger partial charge is 0.312 e. The molecule has 0 saturated heterocycles. The zero-order valence-electron chi connectivity index (χ0n) is 7.46. The van der Waals surface area contributed by atoms with Gasteiger partial charge >= 0.3 is 5.92 Å². The SMILES string of the molecule is [C-]#[N+]c1cnc(C(F)(F)CO)c(C)c1. The topological polar surface area (TPSA) is 37.5 Å². The van der Waals surface area contributed by atoms with Gasteiger partial charge in [-0.2, -0.15) is 8.78 Å². The fraction of sp³-hybridized carbons (Fsp3) is 0.333. The summed E-state index contributed by atoms with van der Waals surface area (Å²) < 4.78 is 26.0. The van der Waals surface area contributed by atoms with Crippen LogP contribution in [0.25, 0.3) is 4.85 Å². The molecular formula is C9H8F2N2O.